The molecule has 2 saturated heterocycles. The van der Waals surface area contributed by atoms with Crippen molar-refractivity contribution in [3.8, 4) is 0 Å². The minimum Gasteiger partial charge on any atom is -0.393 e. The van der Waals surface area contributed by atoms with Gasteiger partial charge >= 0.3 is 0 Å². The lowest BCUT2D eigenvalue weighted by molar-refractivity contribution is -0.0572. The molecular weight excluding hydrogens is 164 g/mol. The van der Waals surface area contributed by atoms with E-state index in [1.165, 1.54) is 0 Å². The van der Waals surface area contributed by atoms with Gasteiger partial charge in [0, 0.05) is 0 Å². The first-order valence-electron chi connectivity index (χ1n) is 4.01. The molecule has 0 amide bonds. The van der Waals surface area contributed by atoms with E-state index in [1.807, 2.05) is 0 Å². The van der Waals surface area contributed by atoms with Gasteiger partial charge < -0.3 is 24.8 Å². The zero-order chi connectivity index (χ0) is 8.51. The minimum atomic E-state index is -1.02. The largest absolute Gasteiger partial charge is 0.393 e. The average Bonchev–Trinajstić information content (AvgIpc) is 2.91. The molecule has 3 rings (SSSR count). The van der Waals surface area contributed by atoms with Crippen LogP contribution in [0.4, 0.5) is 0 Å². The fourth-order valence-corrected chi connectivity index (χ4v) is 2.13. The molecule has 1 saturated carbocycles. The molecule has 2 aliphatic heterocycles. The van der Waals surface area contributed by atoms with Gasteiger partial charge in [-0.2, -0.15) is 0 Å². The lowest BCUT2D eigenvalue weighted by Gasteiger charge is -2.24. The standard InChI is InChI=1S/C7H10O5/c8-1-7-5(10)2(9)3-4(11-3)6(7)12-7/h2-6,8-10H,1H2/t2-,3-,4-,5+,6-,7+/m0/s1. The van der Waals surface area contributed by atoms with Crippen LogP contribution < -0.4 is 0 Å². The van der Waals surface area contributed by atoms with Gasteiger partial charge in [-0.05, 0) is 0 Å². The second-order valence-electron chi connectivity index (χ2n) is 3.65. The van der Waals surface area contributed by atoms with Gasteiger partial charge in [-0.3, -0.25) is 0 Å². The Labute approximate surface area is 68.5 Å². The highest BCUT2D eigenvalue weighted by Gasteiger charge is 2.77. The third-order valence-corrected chi connectivity index (χ3v) is 3.04. The summed E-state index contributed by atoms with van der Waals surface area (Å²) in [6.45, 7) is -0.261. The maximum Gasteiger partial charge on any atom is 0.149 e. The Kier molecular flexibility index (Phi) is 1.10. The van der Waals surface area contributed by atoms with Crippen molar-refractivity contribution < 1.29 is 24.8 Å². The highest BCUT2D eigenvalue weighted by Crippen LogP contribution is 2.55. The molecule has 0 aromatic heterocycles. The second-order valence-corrected chi connectivity index (χ2v) is 3.65. The smallest absolute Gasteiger partial charge is 0.149 e. The summed E-state index contributed by atoms with van der Waals surface area (Å²) in [5.74, 6) is 0. The van der Waals surface area contributed by atoms with Crippen molar-refractivity contribution in [2.75, 3.05) is 6.61 Å². The van der Waals surface area contributed by atoms with Crippen LogP contribution in [0.3, 0.4) is 0 Å². The molecule has 12 heavy (non-hydrogen) atoms. The Morgan fingerprint density at radius 2 is 2.00 bits per heavy atom. The number of aliphatic hydroxyl groups is 3. The van der Waals surface area contributed by atoms with Crippen LogP contribution in [0.2, 0.25) is 0 Å². The molecule has 5 nitrogen and oxygen atoms in total. The van der Waals surface area contributed by atoms with E-state index in [1.54, 1.807) is 0 Å². The van der Waals surface area contributed by atoms with Crippen LogP contribution in [0.25, 0.3) is 0 Å². The van der Waals surface area contributed by atoms with Gasteiger partial charge in [-0.25, -0.2) is 0 Å². The van der Waals surface area contributed by atoms with Gasteiger partial charge in [0.25, 0.3) is 0 Å². The molecule has 0 bridgehead atoms. The molecular formula is C7H10O5. The van der Waals surface area contributed by atoms with E-state index in [2.05, 4.69) is 0 Å². The maximum atomic E-state index is 9.52. The maximum absolute atomic E-state index is 9.52. The molecule has 6 atom stereocenters. The molecule has 0 unspecified atom stereocenters. The van der Waals surface area contributed by atoms with Crippen molar-refractivity contribution in [2.45, 2.75) is 36.1 Å². The SMILES string of the molecule is OC[C@]12O[C@H]1[C@H]1O[C@H]1[C@H](O)[C@H]2O. The van der Waals surface area contributed by atoms with E-state index in [-0.39, 0.29) is 24.9 Å². The summed E-state index contributed by atoms with van der Waals surface area (Å²) in [5, 5.41) is 27.9. The molecule has 68 valence electrons. The van der Waals surface area contributed by atoms with Gasteiger partial charge in [-0.1, -0.05) is 0 Å². The fourth-order valence-electron chi connectivity index (χ4n) is 2.13. The van der Waals surface area contributed by atoms with Crippen molar-refractivity contribution in [1.82, 2.24) is 0 Å². The van der Waals surface area contributed by atoms with Crippen molar-refractivity contribution in [3.63, 3.8) is 0 Å². The number of fused-ring (bicyclic) bond motifs is 3. The number of hydrogen-bond acceptors (Lipinski definition) is 5. The van der Waals surface area contributed by atoms with Crippen LogP contribution in [-0.2, 0) is 9.47 Å². The summed E-state index contributed by atoms with van der Waals surface area (Å²) < 4.78 is 10.3. The Hall–Kier alpha value is -0.200. The molecule has 0 aromatic carbocycles. The molecule has 0 radical (unpaired) electrons. The van der Waals surface area contributed by atoms with E-state index in [0.717, 1.165) is 0 Å². The summed E-state index contributed by atoms with van der Waals surface area (Å²) in [7, 11) is 0. The third kappa shape index (κ3) is 0.592. The molecule has 2 heterocycles. The Morgan fingerprint density at radius 3 is 2.67 bits per heavy atom. The molecule has 0 spiro atoms. The summed E-state index contributed by atoms with van der Waals surface area (Å²) in [6.07, 6.45) is -2.55. The topological polar surface area (TPSA) is 85.8 Å². The van der Waals surface area contributed by atoms with Crippen molar-refractivity contribution in [3.05, 3.63) is 0 Å². The van der Waals surface area contributed by atoms with Crippen LogP contribution in [-0.4, -0.2) is 58.0 Å². The summed E-state index contributed by atoms with van der Waals surface area (Å²) in [5.41, 5.74) is -0.933. The van der Waals surface area contributed by atoms with Crippen LogP contribution in [0.5, 0.6) is 0 Å². The number of rotatable bonds is 1. The van der Waals surface area contributed by atoms with Crippen LogP contribution in [0.1, 0.15) is 0 Å². The van der Waals surface area contributed by atoms with Crippen molar-refractivity contribution in [1.29, 1.82) is 0 Å². The molecule has 3 aliphatic rings. The predicted molar refractivity (Wildman–Crippen MR) is 35.4 cm³/mol. The van der Waals surface area contributed by atoms with Crippen molar-refractivity contribution in [2.24, 2.45) is 0 Å². The van der Waals surface area contributed by atoms with Gasteiger partial charge in [0.2, 0.25) is 0 Å². The van der Waals surface area contributed by atoms with E-state index in [0.29, 0.717) is 0 Å². The highest BCUT2D eigenvalue weighted by atomic mass is 16.7. The van der Waals surface area contributed by atoms with Gasteiger partial charge in [-0.15, -0.1) is 0 Å². The normalized spacial score (nSPS) is 66.8. The summed E-state index contributed by atoms with van der Waals surface area (Å²) in [4.78, 5) is 0. The van der Waals surface area contributed by atoms with Crippen LogP contribution in [0, 0.1) is 0 Å². The second kappa shape index (κ2) is 1.83. The van der Waals surface area contributed by atoms with E-state index in [9.17, 15) is 10.2 Å². The Morgan fingerprint density at radius 1 is 1.25 bits per heavy atom. The molecule has 5 heteroatoms. The fraction of sp³-hybridized carbons (Fsp3) is 1.00. The van der Waals surface area contributed by atoms with Gasteiger partial charge in [0.15, 0.2) is 0 Å². The first kappa shape index (κ1) is 7.23. The quantitative estimate of drug-likeness (QED) is 0.386. The number of aliphatic hydroxyl groups excluding tert-OH is 3. The van der Waals surface area contributed by atoms with Gasteiger partial charge in [0.05, 0.1) is 6.61 Å². The van der Waals surface area contributed by atoms with Crippen molar-refractivity contribution >= 4 is 0 Å². The third-order valence-electron chi connectivity index (χ3n) is 3.04. The van der Waals surface area contributed by atoms with Crippen LogP contribution in [0.15, 0.2) is 0 Å². The molecule has 0 aromatic rings. The lowest BCUT2D eigenvalue weighted by atomic mass is 9.85. The average molecular weight is 174 g/mol. The number of epoxide rings is 2. The van der Waals surface area contributed by atoms with Crippen LogP contribution >= 0.6 is 0 Å². The Balaban J connectivity index is 1.91. The predicted octanol–water partition coefficient (Wildman–Crippen LogP) is -2.38. The first-order chi connectivity index (χ1) is 5.70. The summed E-state index contributed by atoms with van der Waals surface area (Å²) in [6, 6.07) is 0. The minimum absolute atomic E-state index is 0.115. The van der Waals surface area contributed by atoms with E-state index < -0.39 is 17.8 Å². The monoisotopic (exact) mass is 174 g/mol. The zero-order valence-electron chi connectivity index (χ0n) is 6.25. The highest BCUT2D eigenvalue weighted by molar-refractivity contribution is 5.24. The lowest BCUT2D eigenvalue weighted by Crippen LogP contribution is -2.51. The molecule has 1 aliphatic carbocycles. The van der Waals surface area contributed by atoms with E-state index in [4.69, 9.17) is 14.6 Å². The summed E-state index contributed by atoms with van der Waals surface area (Å²) >= 11 is 0. The Bertz CT molecular complexity index is 232. The van der Waals surface area contributed by atoms with E-state index >= 15 is 0 Å². The zero-order valence-corrected chi connectivity index (χ0v) is 6.25. The molecule has 3 N–H and O–H groups in total. The number of ether oxygens (including phenoxy) is 2. The number of hydrogen-bond donors (Lipinski definition) is 3. The van der Waals surface area contributed by atoms with Gasteiger partial charge in [0.1, 0.15) is 36.1 Å². The molecule has 3 fully saturated rings. The first-order valence-corrected chi connectivity index (χ1v) is 4.01.